The molecular weight excluding hydrogens is 878 g/mol. The molecule has 1 saturated heterocycles. The number of esters is 1. The molecule has 1 aliphatic heterocycles. The number of halogens is 5. The number of aromatic nitrogens is 3. The molecule has 1 aromatic heterocycles. The van der Waals surface area contributed by atoms with Gasteiger partial charge >= 0.3 is 13.6 Å². The van der Waals surface area contributed by atoms with Crippen molar-refractivity contribution in [2.24, 2.45) is 0 Å². The Morgan fingerprint density at radius 1 is 0.803 bits per heavy atom. The molecule has 4 rings (SSSR count). The maximum Gasteiger partial charge on any atom is 0.325 e. The van der Waals surface area contributed by atoms with Crippen molar-refractivity contribution >= 4 is 29.3 Å². The van der Waals surface area contributed by atoms with Gasteiger partial charge in [0.2, 0.25) is 51.1 Å². The molecule has 27 heteroatoms. The number of nitrogens with one attached hydrogen (secondary N) is 1. The van der Waals surface area contributed by atoms with E-state index >= 15 is 0 Å². The summed E-state index contributed by atoms with van der Waals surface area (Å²) in [7, 11) is -8.27. The lowest BCUT2D eigenvalue weighted by Gasteiger charge is -2.40. The summed E-state index contributed by atoms with van der Waals surface area (Å²) in [5.74, 6) is -14.6. The molecular formula is C34H44F5N4O16PS. The largest absolute Gasteiger partial charge is 0.462 e. The van der Waals surface area contributed by atoms with Gasteiger partial charge in [-0.25, -0.2) is 26.3 Å². The van der Waals surface area contributed by atoms with Crippen molar-refractivity contribution < 1.29 is 98.0 Å². The highest BCUT2D eigenvalue weighted by molar-refractivity contribution is 7.92. The van der Waals surface area contributed by atoms with Crippen molar-refractivity contribution in [3.8, 4) is 11.5 Å². The molecule has 1 fully saturated rings. The SMILES string of the molecule is O=C(CCOCCOCCOCCOCCn1cc(CCS(=O)(=O)Nc2ccc(O[C@H]3O[C@H](CCP(=O)(O)O)[C@@H](O)[C@H](O)[C@@H]3O)cc2)nn1)Oc1c(F)c(F)c(F)c(F)c1F. The van der Waals surface area contributed by atoms with E-state index in [1.807, 2.05) is 0 Å². The quantitative estimate of drug-likeness (QED) is 0.0123. The van der Waals surface area contributed by atoms with Gasteiger partial charge in [-0.3, -0.25) is 14.1 Å². The Morgan fingerprint density at radius 3 is 1.95 bits per heavy atom. The highest BCUT2D eigenvalue weighted by Gasteiger charge is 2.45. The van der Waals surface area contributed by atoms with Crippen LogP contribution in [0.5, 0.6) is 11.5 Å². The van der Waals surface area contributed by atoms with E-state index in [1.165, 1.54) is 28.9 Å². The molecule has 0 spiro atoms. The number of benzene rings is 2. The molecule has 1 aliphatic rings. The average Bonchev–Trinajstić information content (AvgIpc) is 3.68. The molecule has 0 aliphatic carbocycles. The molecule has 342 valence electrons. The summed E-state index contributed by atoms with van der Waals surface area (Å²) in [5, 5.41) is 38.5. The fraction of sp³-hybridized carbons (Fsp3) is 0.559. The van der Waals surface area contributed by atoms with Crippen LogP contribution in [0, 0.1) is 29.1 Å². The second-order valence-electron chi connectivity index (χ2n) is 13.1. The third kappa shape index (κ3) is 16.1. The van der Waals surface area contributed by atoms with Crippen LogP contribution in [-0.4, -0.2) is 150 Å². The molecule has 2 heterocycles. The summed E-state index contributed by atoms with van der Waals surface area (Å²) < 4.78 is 144. The number of hydrogen-bond acceptors (Lipinski definition) is 16. The fourth-order valence-electron chi connectivity index (χ4n) is 5.23. The first-order valence-corrected chi connectivity index (χ1v) is 21.7. The number of sulfonamides is 1. The zero-order valence-corrected chi connectivity index (χ0v) is 33.7. The zero-order chi connectivity index (χ0) is 44.7. The van der Waals surface area contributed by atoms with E-state index in [1.54, 1.807) is 6.20 Å². The number of rotatable bonds is 26. The molecule has 0 radical (unpaired) electrons. The Bertz CT molecular complexity index is 2000. The predicted molar refractivity (Wildman–Crippen MR) is 196 cm³/mol. The molecule has 2 aromatic carbocycles. The number of carbonyl (C=O) groups excluding carboxylic acids is 1. The second kappa shape index (κ2) is 23.5. The van der Waals surface area contributed by atoms with Gasteiger partial charge in [0.15, 0.2) is 0 Å². The van der Waals surface area contributed by atoms with Gasteiger partial charge < -0.3 is 58.3 Å². The van der Waals surface area contributed by atoms with Gasteiger partial charge in [-0.1, -0.05) is 5.21 Å². The van der Waals surface area contributed by atoms with E-state index in [4.69, 9.17) is 38.2 Å². The number of aryl methyl sites for hydroxylation is 1. The topological polar surface area (TPSA) is 277 Å². The summed E-state index contributed by atoms with van der Waals surface area (Å²) in [6.07, 6.45) is -7.66. The van der Waals surface area contributed by atoms with Crippen molar-refractivity contribution in [2.45, 2.75) is 56.5 Å². The summed E-state index contributed by atoms with van der Waals surface area (Å²) in [6, 6.07) is 5.46. The van der Waals surface area contributed by atoms with Crippen molar-refractivity contribution in [1.82, 2.24) is 15.0 Å². The predicted octanol–water partition coefficient (Wildman–Crippen LogP) is 0.774. The molecule has 3 aromatic rings. The Labute approximate surface area is 344 Å². The molecule has 5 atom stereocenters. The third-order valence-electron chi connectivity index (χ3n) is 8.38. The standard InChI is InChI=1S/C34H44F5N4O16PS/c35-25-26(36)28(38)33(29(39)27(25)37)59-24(44)5-9-53-11-13-55-15-16-56-14-12-54-10-8-43-19-21(40-42-43)7-18-61(51,52)41-20-1-3-22(4-2-20)57-34-32(47)31(46)30(45)23(58-34)6-17-60(48,49)50/h1-4,19,23,30-32,34,41,45-47H,5-18H2,(H2,48,49,50)/t23-,30-,31+,32+,34+/m1/s1. The fourth-order valence-corrected chi connectivity index (χ4v) is 6.90. The Hall–Kier alpha value is -3.92. The van der Waals surface area contributed by atoms with Crippen LogP contribution >= 0.6 is 7.60 Å². The number of hydrogen-bond donors (Lipinski definition) is 6. The number of aliphatic hydroxyl groups excluding tert-OH is 3. The molecule has 0 amide bonds. The monoisotopic (exact) mass is 922 g/mol. The van der Waals surface area contributed by atoms with E-state index in [0.29, 0.717) is 12.2 Å². The van der Waals surface area contributed by atoms with E-state index in [-0.39, 0.29) is 82.9 Å². The molecule has 0 bridgehead atoms. The van der Waals surface area contributed by atoms with Crippen molar-refractivity contribution in [3.63, 3.8) is 0 Å². The van der Waals surface area contributed by atoms with Gasteiger partial charge in [-0.05, 0) is 30.7 Å². The first-order valence-electron chi connectivity index (χ1n) is 18.3. The minimum absolute atomic E-state index is 0.0200. The van der Waals surface area contributed by atoms with Crippen LogP contribution in [0.1, 0.15) is 18.5 Å². The third-order valence-corrected chi connectivity index (χ3v) is 10.5. The summed E-state index contributed by atoms with van der Waals surface area (Å²) in [6.45, 7) is 1.31. The minimum atomic E-state index is -4.43. The molecule has 0 unspecified atom stereocenters. The molecule has 0 saturated carbocycles. The van der Waals surface area contributed by atoms with Gasteiger partial charge in [0.25, 0.3) is 0 Å². The van der Waals surface area contributed by atoms with Gasteiger partial charge in [-0.2, -0.15) is 8.78 Å². The average molecular weight is 923 g/mol. The highest BCUT2D eigenvalue weighted by atomic mass is 32.2. The van der Waals surface area contributed by atoms with E-state index in [2.05, 4.69) is 19.8 Å². The highest BCUT2D eigenvalue weighted by Crippen LogP contribution is 2.37. The van der Waals surface area contributed by atoms with Crippen LogP contribution in [0.2, 0.25) is 0 Å². The summed E-state index contributed by atoms with van der Waals surface area (Å²) in [4.78, 5) is 29.9. The van der Waals surface area contributed by atoms with Crippen LogP contribution in [0.25, 0.3) is 0 Å². The first-order chi connectivity index (χ1) is 28.8. The van der Waals surface area contributed by atoms with Crippen molar-refractivity contribution in [2.75, 3.05) is 69.5 Å². The zero-order valence-electron chi connectivity index (χ0n) is 32.0. The number of aliphatic hydroxyl groups is 3. The number of anilines is 1. The van der Waals surface area contributed by atoms with E-state index in [0.717, 1.165) is 0 Å². The second-order valence-corrected chi connectivity index (χ2v) is 16.7. The van der Waals surface area contributed by atoms with Gasteiger partial charge in [0.1, 0.15) is 24.1 Å². The van der Waals surface area contributed by atoms with Crippen LogP contribution in [0.4, 0.5) is 27.6 Å². The Kier molecular flexibility index (Phi) is 19.2. The maximum atomic E-state index is 13.6. The molecule has 20 nitrogen and oxygen atoms in total. The lowest BCUT2D eigenvalue weighted by molar-refractivity contribution is -0.272. The van der Waals surface area contributed by atoms with Crippen molar-refractivity contribution in [1.29, 1.82) is 0 Å². The Balaban J connectivity index is 1.01. The summed E-state index contributed by atoms with van der Waals surface area (Å²) >= 11 is 0. The van der Waals surface area contributed by atoms with E-state index < -0.39 is 102 Å². The summed E-state index contributed by atoms with van der Waals surface area (Å²) in [5.41, 5.74) is 0.591. The number of nitrogens with zero attached hydrogens (tertiary/aromatic N) is 3. The minimum Gasteiger partial charge on any atom is -0.462 e. The lowest BCUT2D eigenvalue weighted by atomic mass is 9.97. The molecule has 6 N–H and O–H groups in total. The lowest BCUT2D eigenvalue weighted by Crippen LogP contribution is -2.59. The number of carbonyl (C=O) groups is 1. The van der Waals surface area contributed by atoms with Crippen LogP contribution in [-0.2, 0) is 56.0 Å². The smallest absolute Gasteiger partial charge is 0.325 e. The van der Waals surface area contributed by atoms with Crippen molar-refractivity contribution in [3.05, 3.63) is 65.2 Å². The van der Waals surface area contributed by atoms with Gasteiger partial charge in [0, 0.05) is 18.3 Å². The van der Waals surface area contributed by atoms with Gasteiger partial charge in [0.05, 0.1) is 89.5 Å². The first kappa shape index (κ1) is 49.7. The normalized spacial score (nSPS) is 19.5. The van der Waals surface area contributed by atoms with Crippen LogP contribution in [0.3, 0.4) is 0 Å². The van der Waals surface area contributed by atoms with Crippen LogP contribution < -0.4 is 14.2 Å². The molecule has 61 heavy (non-hydrogen) atoms. The van der Waals surface area contributed by atoms with Crippen LogP contribution in [0.15, 0.2) is 30.5 Å². The Morgan fingerprint density at radius 2 is 1.36 bits per heavy atom. The van der Waals surface area contributed by atoms with Gasteiger partial charge in [-0.15, -0.1) is 5.10 Å². The van der Waals surface area contributed by atoms with E-state index in [9.17, 15) is 55.0 Å². The number of ether oxygens (including phenoxy) is 7. The maximum absolute atomic E-state index is 13.6.